The van der Waals surface area contributed by atoms with Gasteiger partial charge in [0.05, 0.1) is 11.2 Å². The number of amides is 1. The number of halogens is 3. The molecule has 1 amide bonds. The summed E-state index contributed by atoms with van der Waals surface area (Å²) in [4.78, 5) is 28.2. The minimum absolute atomic E-state index is 0.0921. The Labute approximate surface area is 196 Å². The minimum atomic E-state index is -0.542. The molecule has 5 nitrogen and oxygen atoms in total. The van der Waals surface area contributed by atoms with Gasteiger partial charge in [-0.3, -0.25) is 9.59 Å². The maximum absolute atomic E-state index is 13.7. The Hall–Kier alpha value is -1.56. The van der Waals surface area contributed by atoms with Crippen molar-refractivity contribution in [3.63, 3.8) is 0 Å². The molecule has 6 rings (SSSR count). The molecule has 0 aliphatic heterocycles. The van der Waals surface area contributed by atoms with Crippen LogP contribution in [0, 0.1) is 17.8 Å². The Balaban J connectivity index is 1.48. The number of hydrogen-bond acceptors (Lipinski definition) is 3. The van der Waals surface area contributed by atoms with E-state index in [0.29, 0.717) is 29.3 Å². The lowest BCUT2D eigenvalue weighted by atomic mass is 9.52. The summed E-state index contributed by atoms with van der Waals surface area (Å²) in [6.07, 6.45) is 8.31. The molecule has 4 aliphatic carbocycles. The molecule has 0 N–H and O–H groups in total. The standard InChI is InChI=1S/C23H24Cl3N3O2/c24-18-3-1-14(2-4-18)12-28(20(30)13-29-22(31)21(26)19(25)11-27-29)23-8-15-5-16(9-23)7-17(6-15)10-23/h1-4,11,15-17H,5-10,12-13H2. The molecule has 8 heteroatoms. The van der Waals surface area contributed by atoms with E-state index in [-0.39, 0.29) is 28.0 Å². The number of carbonyl (C=O) groups is 1. The third kappa shape index (κ3) is 4.01. The fourth-order valence-corrected chi connectivity index (χ4v) is 6.86. The van der Waals surface area contributed by atoms with Crippen molar-refractivity contribution in [1.29, 1.82) is 0 Å². The SMILES string of the molecule is O=C(Cn1ncc(Cl)c(Cl)c1=O)N(Cc1ccc(Cl)cc1)C12CC3CC(CC(C3)C1)C2. The van der Waals surface area contributed by atoms with Crippen LogP contribution in [0.15, 0.2) is 35.3 Å². The zero-order valence-corrected chi connectivity index (χ0v) is 19.3. The van der Waals surface area contributed by atoms with Gasteiger partial charge in [0, 0.05) is 17.1 Å². The van der Waals surface area contributed by atoms with Crippen molar-refractivity contribution in [2.24, 2.45) is 17.8 Å². The Morgan fingerprint density at radius 3 is 2.19 bits per heavy atom. The highest BCUT2D eigenvalue weighted by atomic mass is 35.5. The zero-order chi connectivity index (χ0) is 21.8. The van der Waals surface area contributed by atoms with Crippen LogP contribution in [-0.2, 0) is 17.9 Å². The van der Waals surface area contributed by atoms with Crippen LogP contribution in [0.25, 0.3) is 0 Å². The van der Waals surface area contributed by atoms with Crippen LogP contribution in [0.5, 0.6) is 0 Å². The van der Waals surface area contributed by atoms with Gasteiger partial charge in [0.25, 0.3) is 5.56 Å². The summed E-state index contributed by atoms with van der Waals surface area (Å²) in [5.74, 6) is 1.97. The molecular formula is C23H24Cl3N3O2. The van der Waals surface area contributed by atoms with Gasteiger partial charge in [-0.2, -0.15) is 5.10 Å². The second kappa shape index (κ2) is 8.09. The lowest BCUT2D eigenvalue weighted by Crippen LogP contribution is -2.61. The zero-order valence-electron chi connectivity index (χ0n) is 17.1. The summed E-state index contributed by atoms with van der Waals surface area (Å²) in [6.45, 7) is 0.350. The van der Waals surface area contributed by atoms with Crippen LogP contribution in [0.3, 0.4) is 0 Å². The van der Waals surface area contributed by atoms with Gasteiger partial charge in [0.2, 0.25) is 5.91 Å². The van der Waals surface area contributed by atoms with Crippen LogP contribution in [0.2, 0.25) is 15.1 Å². The van der Waals surface area contributed by atoms with Crippen LogP contribution in [0.4, 0.5) is 0 Å². The molecule has 1 heterocycles. The number of carbonyl (C=O) groups excluding carboxylic acids is 1. The maximum Gasteiger partial charge on any atom is 0.287 e. The van der Waals surface area contributed by atoms with Gasteiger partial charge >= 0.3 is 0 Å². The van der Waals surface area contributed by atoms with E-state index in [2.05, 4.69) is 5.10 Å². The smallest absolute Gasteiger partial charge is 0.287 e. The molecule has 0 radical (unpaired) electrons. The Morgan fingerprint density at radius 1 is 1.03 bits per heavy atom. The first-order chi connectivity index (χ1) is 14.8. The average Bonchev–Trinajstić information content (AvgIpc) is 2.72. The molecule has 4 fully saturated rings. The summed E-state index contributed by atoms with van der Waals surface area (Å²) < 4.78 is 1.12. The number of aromatic nitrogens is 2. The van der Waals surface area contributed by atoms with E-state index < -0.39 is 5.56 Å². The van der Waals surface area contributed by atoms with Gasteiger partial charge in [0.1, 0.15) is 11.6 Å². The maximum atomic E-state index is 13.7. The highest BCUT2D eigenvalue weighted by Crippen LogP contribution is 2.58. The molecule has 1 aromatic heterocycles. The first kappa shape index (κ1) is 21.3. The van der Waals surface area contributed by atoms with Gasteiger partial charge in [-0.05, 0) is 74.0 Å². The van der Waals surface area contributed by atoms with E-state index in [1.807, 2.05) is 29.2 Å². The predicted molar refractivity (Wildman–Crippen MR) is 121 cm³/mol. The van der Waals surface area contributed by atoms with Gasteiger partial charge in [-0.15, -0.1) is 0 Å². The highest BCUT2D eigenvalue weighted by molar-refractivity contribution is 6.41. The van der Waals surface area contributed by atoms with E-state index in [0.717, 1.165) is 29.5 Å². The van der Waals surface area contributed by atoms with Crippen LogP contribution in [0.1, 0.15) is 44.1 Å². The van der Waals surface area contributed by atoms with E-state index >= 15 is 0 Å². The topological polar surface area (TPSA) is 55.2 Å². The fraction of sp³-hybridized carbons (Fsp3) is 0.522. The van der Waals surface area contributed by atoms with Crippen molar-refractivity contribution in [3.8, 4) is 0 Å². The van der Waals surface area contributed by atoms with E-state index in [1.165, 1.54) is 25.5 Å². The highest BCUT2D eigenvalue weighted by Gasteiger charge is 2.54. The predicted octanol–water partition coefficient (Wildman–Crippen LogP) is 5.20. The van der Waals surface area contributed by atoms with E-state index in [1.54, 1.807) is 0 Å². The Bertz CT molecular complexity index is 1030. The number of hydrogen-bond donors (Lipinski definition) is 0. The van der Waals surface area contributed by atoms with Crippen molar-refractivity contribution in [3.05, 3.63) is 61.4 Å². The van der Waals surface area contributed by atoms with Gasteiger partial charge in [0.15, 0.2) is 0 Å². The van der Waals surface area contributed by atoms with Crippen LogP contribution in [-0.4, -0.2) is 26.1 Å². The summed E-state index contributed by atoms with van der Waals surface area (Å²) >= 11 is 18.0. The van der Waals surface area contributed by atoms with Gasteiger partial charge < -0.3 is 4.90 Å². The van der Waals surface area contributed by atoms with Gasteiger partial charge in [-0.1, -0.05) is 46.9 Å². The molecule has 4 bridgehead atoms. The quantitative estimate of drug-likeness (QED) is 0.591. The first-order valence-corrected chi connectivity index (χ1v) is 11.9. The van der Waals surface area contributed by atoms with Crippen molar-refractivity contribution in [2.75, 3.05) is 0 Å². The summed E-state index contributed by atoms with van der Waals surface area (Å²) in [6, 6.07) is 7.63. The molecule has 0 atom stereocenters. The second-order valence-electron chi connectivity index (χ2n) is 9.52. The van der Waals surface area contributed by atoms with Crippen molar-refractivity contribution < 1.29 is 4.79 Å². The van der Waals surface area contributed by atoms with Crippen molar-refractivity contribution in [2.45, 2.75) is 57.2 Å². The fourth-order valence-electron chi connectivity index (χ4n) is 6.46. The molecule has 4 aliphatic rings. The molecule has 164 valence electrons. The van der Waals surface area contributed by atoms with Crippen LogP contribution >= 0.6 is 34.8 Å². The summed E-state index contributed by atoms with van der Waals surface area (Å²) in [5, 5.41) is 4.70. The molecule has 1 aromatic carbocycles. The largest absolute Gasteiger partial charge is 0.331 e. The first-order valence-electron chi connectivity index (χ1n) is 10.8. The van der Waals surface area contributed by atoms with Gasteiger partial charge in [-0.25, -0.2) is 4.68 Å². The third-order valence-electron chi connectivity index (χ3n) is 7.36. The molecule has 0 spiro atoms. The summed E-state index contributed by atoms with van der Waals surface area (Å²) in [7, 11) is 0. The summed E-state index contributed by atoms with van der Waals surface area (Å²) in [5.41, 5.74) is 0.341. The number of rotatable bonds is 5. The third-order valence-corrected chi connectivity index (χ3v) is 8.36. The normalized spacial score (nSPS) is 28.7. The lowest BCUT2D eigenvalue weighted by Gasteiger charge is -2.60. The Morgan fingerprint density at radius 2 is 1.61 bits per heavy atom. The molecule has 31 heavy (non-hydrogen) atoms. The second-order valence-corrected chi connectivity index (χ2v) is 10.7. The molecule has 2 aromatic rings. The van der Waals surface area contributed by atoms with E-state index in [9.17, 15) is 9.59 Å². The molecule has 0 saturated heterocycles. The van der Waals surface area contributed by atoms with Crippen molar-refractivity contribution >= 4 is 40.7 Å². The number of nitrogens with zero attached hydrogens (tertiary/aromatic N) is 3. The average molecular weight is 481 g/mol. The molecule has 4 saturated carbocycles. The molecular weight excluding hydrogens is 457 g/mol. The van der Waals surface area contributed by atoms with Crippen molar-refractivity contribution in [1.82, 2.24) is 14.7 Å². The molecule has 0 unspecified atom stereocenters. The van der Waals surface area contributed by atoms with E-state index in [4.69, 9.17) is 34.8 Å². The monoisotopic (exact) mass is 479 g/mol. The number of benzene rings is 1. The van der Waals surface area contributed by atoms with Crippen LogP contribution < -0.4 is 5.56 Å². The Kier molecular flexibility index (Phi) is 5.56. The minimum Gasteiger partial charge on any atom is -0.331 e. The lowest BCUT2D eigenvalue weighted by molar-refractivity contribution is -0.153.